The summed E-state index contributed by atoms with van der Waals surface area (Å²) in [4.78, 5) is 39.1. The molecule has 4 rings (SSSR count). The van der Waals surface area contributed by atoms with E-state index < -0.39 is 5.97 Å². The van der Waals surface area contributed by atoms with Crippen molar-refractivity contribution in [2.75, 3.05) is 0 Å². The van der Waals surface area contributed by atoms with E-state index >= 15 is 0 Å². The van der Waals surface area contributed by atoms with Crippen molar-refractivity contribution in [1.29, 1.82) is 0 Å². The van der Waals surface area contributed by atoms with Gasteiger partial charge < -0.3 is 4.74 Å². The molecule has 0 N–H and O–H groups in total. The van der Waals surface area contributed by atoms with Crippen molar-refractivity contribution in [3.8, 4) is 5.75 Å². The van der Waals surface area contributed by atoms with Crippen molar-refractivity contribution in [2.24, 2.45) is 0 Å². The normalized spacial score (nSPS) is 14.8. The number of hydrogen-bond donors (Lipinski definition) is 0. The Morgan fingerprint density at radius 2 is 1.78 bits per heavy atom. The molecule has 0 radical (unpaired) electrons. The highest BCUT2D eigenvalue weighted by Crippen LogP contribution is 2.34. The first-order chi connectivity index (χ1) is 15.4. The first-order valence-electron chi connectivity index (χ1n) is 9.47. The van der Waals surface area contributed by atoms with Gasteiger partial charge in [0.25, 0.3) is 11.1 Å². The van der Waals surface area contributed by atoms with Gasteiger partial charge in [-0.25, -0.2) is 4.79 Å². The first kappa shape index (κ1) is 22.3. The summed E-state index contributed by atoms with van der Waals surface area (Å²) >= 11 is 10.3. The van der Waals surface area contributed by atoms with E-state index in [1.165, 1.54) is 4.90 Å². The molecule has 0 unspecified atom stereocenters. The minimum Gasteiger partial charge on any atom is -0.423 e. The zero-order valence-electron chi connectivity index (χ0n) is 16.5. The van der Waals surface area contributed by atoms with Crippen LogP contribution in [0.25, 0.3) is 6.08 Å². The van der Waals surface area contributed by atoms with E-state index in [4.69, 9.17) is 16.3 Å². The van der Waals surface area contributed by atoms with Crippen LogP contribution in [0.4, 0.5) is 4.79 Å². The summed E-state index contributed by atoms with van der Waals surface area (Å²) in [6, 6.07) is 20.8. The first-order valence-corrected chi connectivity index (χ1v) is 11.5. The van der Waals surface area contributed by atoms with Crippen LogP contribution in [0.15, 0.2) is 82.2 Å². The predicted octanol–water partition coefficient (Wildman–Crippen LogP) is 6.56. The lowest BCUT2D eigenvalue weighted by Gasteiger charge is -2.12. The minimum absolute atomic E-state index is 0.199. The summed E-state index contributed by atoms with van der Waals surface area (Å²) in [6.45, 7) is 0.199. The summed E-state index contributed by atoms with van der Waals surface area (Å²) in [7, 11) is 0. The lowest BCUT2D eigenvalue weighted by Crippen LogP contribution is -2.27. The number of hydrogen-bond acceptors (Lipinski definition) is 5. The second-order valence-corrected chi connectivity index (χ2v) is 9.15. The van der Waals surface area contributed by atoms with E-state index in [1.807, 2.05) is 24.3 Å². The monoisotopic (exact) mass is 527 g/mol. The molecule has 0 atom stereocenters. The van der Waals surface area contributed by atoms with Crippen molar-refractivity contribution in [2.45, 2.75) is 6.54 Å². The van der Waals surface area contributed by atoms with Crippen LogP contribution < -0.4 is 4.74 Å². The number of ether oxygens (including phenoxy) is 1. The summed E-state index contributed by atoms with van der Waals surface area (Å²) in [5.74, 6) is -0.637. The van der Waals surface area contributed by atoms with Crippen molar-refractivity contribution in [1.82, 2.24) is 4.90 Å². The van der Waals surface area contributed by atoms with Gasteiger partial charge in [-0.1, -0.05) is 63.9 Å². The summed E-state index contributed by atoms with van der Waals surface area (Å²) < 4.78 is 6.34. The number of rotatable bonds is 5. The van der Waals surface area contributed by atoms with Gasteiger partial charge >= 0.3 is 5.97 Å². The fourth-order valence-corrected chi connectivity index (χ4v) is 4.33. The third kappa shape index (κ3) is 5.12. The molecule has 0 bridgehead atoms. The molecular formula is C24H15BrClNO4S. The number of halogens is 2. The molecule has 160 valence electrons. The molecule has 0 aliphatic carbocycles. The fraction of sp³-hybridized carbons (Fsp3) is 0.0417. The number of thioether (sulfide) groups is 1. The SMILES string of the molecule is O=C(Oc1cccc(/C=C2\SC(=O)N(Cc3ccc(Br)cc3)C2=O)c1)c1ccccc1Cl. The number of imide groups is 1. The quantitative estimate of drug-likeness (QED) is 0.213. The van der Waals surface area contributed by atoms with Crippen molar-refractivity contribution >= 4 is 62.5 Å². The summed E-state index contributed by atoms with van der Waals surface area (Å²) in [6.07, 6.45) is 1.61. The lowest BCUT2D eigenvalue weighted by atomic mass is 10.2. The minimum atomic E-state index is -0.581. The third-order valence-corrected chi connectivity index (χ3v) is 6.35. The topological polar surface area (TPSA) is 63.7 Å². The molecule has 0 aromatic heterocycles. The Labute approximate surface area is 202 Å². The molecule has 1 heterocycles. The third-order valence-electron chi connectivity index (χ3n) is 4.59. The largest absolute Gasteiger partial charge is 0.423 e. The highest BCUT2D eigenvalue weighted by Gasteiger charge is 2.35. The van der Waals surface area contributed by atoms with Crippen LogP contribution in [0.2, 0.25) is 5.02 Å². The zero-order chi connectivity index (χ0) is 22.7. The van der Waals surface area contributed by atoms with Crippen LogP contribution in [-0.2, 0) is 11.3 Å². The maximum Gasteiger partial charge on any atom is 0.345 e. The van der Waals surface area contributed by atoms with E-state index in [0.717, 1.165) is 21.8 Å². The Bertz CT molecular complexity index is 1240. The number of carbonyl (C=O) groups excluding carboxylic acids is 3. The van der Waals surface area contributed by atoms with Gasteiger partial charge in [0.2, 0.25) is 0 Å². The molecule has 1 fully saturated rings. The second kappa shape index (κ2) is 9.73. The Morgan fingerprint density at radius 1 is 1.03 bits per heavy atom. The zero-order valence-corrected chi connectivity index (χ0v) is 19.6. The Morgan fingerprint density at radius 3 is 2.53 bits per heavy atom. The predicted molar refractivity (Wildman–Crippen MR) is 129 cm³/mol. The van der Waals surface area contributed by atoms with E-state index in [9.17, 15) is 14.4 Å². The number of nitrogens with zero attached hydrogens (tertiary/aromatic N) is 1. The molecule has 32 heavy (non-hydrogen) atoms. The fourth-order valence-electron chi connectivity index (χ4n) is 3.02. The Balaban J connectivity index is 1.49. The van der Waals surface area contributed by atoms with E-state index in [0.29, 0.717) is 21.2 Å². The lowest BCUT2D eigenvalue weighted by molar-refractivity contribution is -0.123. The molecule has 1 aliphatic heterocycles. The van der Waals surface area contributed by atoms with Gasteiger partial charge in [-0.2, -0.15) is 0 Å². The maximum absolute atomic E-state index is 12.8. The molecule has 8 heteroatoms. The van der Waals surface area contributed by atoms with Gasteiger partial charge in [0, 0.05) is 4.47 Å². The van der Waals surface area contributed by atoms with Crippen LogP contribution >= 0.6 is 39.3 Å². The number of amides is 2. The number of carbonyl (C=O) groups is 3. The van der Waals surface area contributed by atoms with Gasteiger partial charge in [0.1, 0.15) is 5.75 Å². The molecule has 5 nitrogen and oxygen atoms in total. The Hall–Kier alpha value is -2.87. The van der Waals surface area contributed by atoms with Gasteiger partial charge in [0.05, 0.1) is 22.0 Å². The smallest absolute Gasteiger partial charge is 0.345 e. The van der Waals surface area contributed by atoms with Crippen LogP contribution in [0.5, 0.6) is 5.75 Å². The molecule has 0 saturated carbocycles. The highest BCUT2D eigenvalue weighted by molar-refractivity contribution is 9.10. The van der Waals surface area contributed by atoms with Gasteiger partial charge in [-0.05, 0) is 65.4 Å². The molecular weight excluding hydrogens is 514 g/mol. The van der Waals surface area contributed by atoms with Gasteiger partial charge in [-0.15, -0.1) is 0 Å². The van der Waals surface area contributed by atoms with Crippen molar-refractivity contribution < 1.29 is 19.1 Å². The average molecular weight is 529 g/mol. The van der Waals surface area contributed by atoms with Gasteiger partial charge in [0.15, 0.2) is 0 Å². The highest BCUT2D eigenvalue weighted by atomic mass is 79.9. The standard InChI is InChI=1S/C24H15BrClNO4S/c25-17-10-8-15(9-11-17)14-27-22(28)21(32-24(27)30)13-16-4-3-5-18(12-16)31-23(29)19-6-1-2-7-20(19)26/h1-13H,14H2/b21-13-. The summed E-state index contributed by atoms with van der Waals surface area (Å²) in [5.41, 5.74) is 1.74. The van der Waals surface area contributed by atoms with E-state index in [2.05, 4.69) is 15.9 Å². The molecule has 2 amide bonds. The summed E-state index contributed by atoms with van der Waals surface area (Å²) in [5, 5.41) is -0.0291. The van der Waals surface area contributed by atoms with E-state index in [1.54, 1.807) is 54.6 Å². The number of esters is 1. The molecule has 0 spiro atoms. The maximum atomic E-state index is 12.8. The van der Waals surface area contributed by atoms with Gasteiger partial charge in [-0.3, -0.25) is 14.5 Å². The van der Waals surface area contributed by atoms with Crippen LogP contribution in [0, 0.1) is 0 Å². The molecule has 1 saturated heterocycles. The van der Waals surface area contributed by atoms with Crippen molar-refractivity contribution in [3.05, 3.63) is 104 Å². The number of benzene rings is 3. The average Bonchev–Trinajstić information content (AvgIpc) is 3.03. The molecule has 3 aromatic carbocycles. The molecule has 3 aromatic rings. The van der Waals surface area contributed by atoms with E-state index in [-0.39, 0.29) is 23.3 Å². The van der Waals surface area contributed by atoms with Crippen LogP contribution in [0.1, 0.15) is 21.5 Å². The van der Waals surface area contributed by atoms with Crippen LogP contribution in [0.3, 0.4) is 0 Å². The second-order valence-electron chi connectivity index (χ2n) is 6.84. The molecule has 1 aliphatic rings. The Kier molecular flexibility index (Phi) is 6.79. The van der Waals surface area contributed by atoms with Crippen LogP contribution in [-0.4, -0.2) is 22.0 Å². The van der Waals surface area contributed by atoms with Crippen molar-refractivity contribution in [3.63, 3.8) is 0 Å².